The summed E-state index contributed by atoms with van der Waals surface area (Å²) in [6.45, 7) is 9.88. The van der Waals surface area contributed by atoms with E-state index in [9.17, 15) is 4.39 Å². The highest BCUT2D eigenvalue weighted by molar-refractivity contribution is 5.33. The molecule has 1 heterocycles. The van der Waals surface area contributed by atoms with Crippen LogP contribution in [-0.4, -0.2) is 19.3 Å². The van der Waals surface area contributed by atoms with Crippen LogP contribution in [0.4, 0.5) is 4.39 Å². The Bertz CT molecular complexity index is 451. The van der Waals surface area contributed by atoms with Crippen molar-refractivity contribution in [3.05, 3.63) is 34.6 Å². The molecule has 0 bridgehead atoms. The normalized spacial score (nSPS) is 23.5. The third-order valence-corrected chi connectivity index (χ3v) is 4.52. The average molecular weight is 293 g/mol. The molecule has 1 aliphatic heterocycles. The fourth-order valence-electron chi connectivity index (χ4n) is 3.44. The van der Waals surface area contributed by atoms with Crippen molar-refractivity contribution in [1.29, 1.82) is 0 Å². The van der Waals surface area contributed by atoms with Crippen molar-refractivity contribution in [2.24, 2.45) is 5.92 Å². The summed E-state index contributed by atoms with van der Waals surface area (Å²) in [6.07, 6.45) is 3.52. The van der Waals surface area contributed by atoms with Gasteiger partial charge in [-0.25, -0.2) is 4.39 Å². The Balaban J connectivity index is 2.31. The van der Waals surface area contributed by atoms with Crippen LogP contribution in [0.5, 0.6) is 0 Å². The highest BCUT2D eigenvalue weighted by Gasteiger charge is 2.34. The van der Waals surface area contributed by atoms with Crippen LogP contribution in [0.1, 0.15) is 55.8 Å². The Morgan fingerprint density at radius 2 is 1.95 bits per heavy atom. The molecular weight excluding hydrogens is 265 g/mol. The summed E-state index contributed by atoms with van der Waals surface area (Å²) in [5.41, 5.74) is 2.68. The van der Waals surface area contributed by atoms with Crippen molar-refractivity contribution >= 4 is 0 Å². The minimum Gasteiger partial charge on any atom is -0.378 e. The number of hydrogen-bond acceptors (Lipinski definition) is 2. The van der Waals surface area contributed by atoms with Gasteiger partial charge >= 0.3 is 0 Å². The number of nitrogens with one attached hydrogen (secondary N) is 1. The molecule has 3 unspecified atom stereocenters. The number of ether oxygens (including phenoxy) is 1. The smallest absolute Gasteiger partial charge is 0.129 e. The number of rotatable bonds is 6. The van der Waals surface area contributed by atoms with Gasteiger partial charge in [0.05, 0.1) is 6.10 Å². The summed E-state index contributed by atoms with van der Waals surface area (Å²) in [4.78, 5) is 0. The second-order valence-electron chi connectivity index (χ2n) is 6.17. The van der Waals surface area contributed by atoms with Crippen molar-refractivity contribution in [2.45, 2.75) is 59.1 Å². The van der Waals surface area contributed by atoms with Gasteiger partial charge in [0.1, 0.15) is 5.82 Å². The summed E-state index contributed by atoms with van der Waals surface area (Å²) >= 11 is 0. The van der Waals surface area contributed by atoms with Gasteiger partial charge in [-0.15, -0.1) is 0 Å². The maximum absolute atomic E-state index is 13.9. The van der Waals surface area contributed by atoms with E-state index < -0.39 is 0 Å². The Hall–Kier alpha value is -0.930. The molecule has 1 aromatic rings. The SMILES string of the molecule is CCCNC(c1cc(C)c(F)c(C)c1)C1CCOC1CC. The van der Waals surface area contributed by atoms with E-state index in [-0.39, 0.29) is 11.9 Å². The number of halogens is 1. The van der Waals surface area contributed by atoms with Crippen LogP contribution in [0.15, 0.2) is 12.1 Å². The molecule has 3 heteroatoms. The quantitative estimate of drug-likeness (QED) is 0.844. The van der Waals surface area contributed by atoms with E-state index in [1.807, 2.05) is 26.0 Å². The highest BCUT2D eigenvalue weighted by atomic mass is 19.1. The summed E-state index contributed by atoms with van der Waals surface area (Å²) in [5.74, 6) is 0.397. The second-order valence-corrected chi connectivity index (χ2v) is 6.17. The predicted molar refractivity (Wildman–Crippen MR) is 85.0 cm³/mol. The third kappa shape index (κ3) is 3.64. The van der Waals surface area contributed by atoms with Crippen molar-refractivity contribution in [2.75, 3.05) is 13.2 Å². The minimum atomic E-state index is -0.0808. The Labute approximate surface area is 128 Å². The van der Waals surface area contributed by atoms with Crippen LogP contribution in [0.2, 0.25) is 0 Å². The van der Waals surface area contributed by atoms with E-state index >= 15 is 0 Å². The highest BCUT2D eigenvalue weighted by Crippen LogP contribution is 2.36. The number of aryl methyl sites for hydroxylation is 2. The largest absolute Gasteiger partial charge is 0.378 e. The first-order chi connectivity index (χ1) is 10.1. The molecule has 1 fully saturated rings. The maximum atomic E-state index is 13.9. The van der Waals surface area contributed by atoms with E-state index in [1.54, 1.807) is 0 Å². The van der Waals surface area contributed by atoms with E-state index in [0.29, 0.717) is 12.0 Å². The van der Waals surface area contributed by atoms with E-state index in [4.69, 9.17) is 4.74 Å². The first-order valence-corrected chi connectivity index (χ1v) is 8.20. The van der Waals surface area contributed by atoms with Crippen LogP contribution >= 0.6 is 0 Å². The lowest BCUT2D eigenvalue weighted by Gasteiger charge is -2.29. The standard InChI is InChI=1S/C18H28FNO/c1-5-8-20-18(15-7-9-21-16(15)6-2)14-10-12(3)17(19)13(4)11-14/h10-11,15-16,18,20H,5-9H2,1-4H3. The Kier molecular flexibility index (Phi) is 5.77. The molecule has 0 radical (unpaired) electrons. The van der Waals surface area contributed by atoms with E-state index in [0.717, 1.165) is 43.5 Å². The maximum Gasteiger partial charge on any atom is 0.129 e. The van der Waals surface area contributed by atoms with Crippen molar-refractivity contribution < 1.29 is 9.13 Å². The van der Waals surface area contributed by atoms with Gasteiger partial charge in [0.2, 0.25) is 0 Å². The molecule has 2 nitrogen and oxygen atoms in total. The molecule has 0 amide bonds. The zero-order chi connectivity index (χ0) is 15.4. The molecule has 118 valence electrons. The molecule has 1 saturated heterocycles. The molecule has 3 atom stereocenters. The van der Waals surface area contributed by atoms with Gasteiger partial charge in [0.25, 0.3) is 0 Å². The van der Waals surface area contributed by atoms with Crippen LogP contribution in [0.25, 0.3) is 0 Å². The van der Waals surface area contributed by atoms with Crippen molar-refractivity contribution in [1.82, 2.24) is 5.32 Å². The van der Waals surface area contributed by atoms with Gasteiger partial charge in [-0.05, 0) is 56.3 Å². The van der Waals surface area contributed by atoms with Crippen LogP contribution in [0.3, 0.4) is 0 Å². The Morgan fingerprint density at radius 1 is 1.29 bits per heavy atom. The first-order valence-electron chi connectivity index (χ1n) is 8.20. The lowest BCUT2D eigenvalue weighted by atomic mass is 9.85. The number of benzene rings is 1. The number of hydrogen-bond donors (Lipinski definition) is 1. The average Bonchev–Trinajstić information content (AvgIpc) is 2.93. The molecule has 21 heavy (non-hydrogen) atoms. The van der Waals surface area contributed by atoms with Gasteiger partial charge < -0.3 is 10.1 Å². The van der Waals surface area contributed by atoms with E-state index in [2.05, 4.69) is 19.2 Å². The zero-order valence-corrected chi connectivity index (χ0v) is 13.7. The summed E-state index contributed by atoms with van der Waals surface area (Å²) in [5, 5.41) is 3.66. The Morgan fingerprint density at radius 3 is 2.52 bits per heavy atom. The molecule has 0 saturated carbocycles. The summed E-state index contributed by atoms with van der Waals surface area (Å²) in [6, 6.07) is 4.26. The van der Waals surface area contributed by atoms with Crippen LogP contribution < -0.4 is 5.32 Å². The minimum absolute atomic E-state index is 0.0808. The lowest BCUT2D eigenvalue weighted by Crippen LogP contribution is -2.33. The fourth-order valence-corrected chi connectivity index (χ4v) is 3.44. The fraction of sp³-hybridized carbons (Fsp3) is 0.667. The van der Waals surface area contributed by atoms with Crippen LogP contribution in [0, 0.1) is 25.6 Å². The summed E-state index contributed by atoms with van der Waals surface area (Å²) in [7, 11) is 0. The third-order valence-electron chi connectivity index (χ3n) is 4.52. The molecule has 2 rings (SSSR count). The summed E-state index contributed by atoms with van der Waals surface area (Å²) < 4.78 is 19.8. The van der Waals surface area contributed by atoms with Gasteiger partial charge in [-0.1, -0.05) is 26.0 Å². The van der Waals surface area contributed by atoms with Crippen molar-refractivity contribution in [3.8, 4) is 0 Å². The zero-order valence-electron chi connectivity index (χ0n) is 13.7. The predicted octanol–water partition coefficient (Wildman–Crippen LogP) is 4.30. The molecule has 0 aliphatic carbocycles. The van der Waals surface area contributed by atoms with Crippen LogP contribution in [-0.2, 0) is 4.74 Å². The molecule has 0 aromatic heterocycles. The van der Waals surface area contributed by atoms with Gasteiger partial charge in [0, 0.05) is 18.6 Å². The molecule has 0 spiro atoms. The topological polar surface area (TPSA) is 21.3 Å². The monoisotopic (exact) mass is 293 g/mol. The molecule has 1 N–H and O–H groups in total. The molecule has 1 aromatic carbocycles. The molecule has 1 aliphatic rings. The van der Waals surface area contributed by atoms with E-state index in [1.165, 1.54) is 5.56 Å². The van der Waals surface area contributed by atoms with Gasteiger partial charge in [-0.3, -0.25) is 0 Å². The second kappa shape index (κ2) is 7.37. The molecular formula is C18H28FNO. The first kappa shape index (κ1) is 16.4. The van der Waals surface area contributed by atoms with Gasteiger partial charge in [-0.2, -0.15) is 0 Å². The van der Waals surface area contributed by atoms with Crippen molar-refractivity contribution in [3.63, 3.8) is 0 Å². The van der Waals surface area contributed by atoms with Gasteiger partial charge in [0.15, 0.2) is 0 Å². The lowest BCUT2D eigenvalue weighted by molar-refractivity contribution is 0.0774.